The maximum atomic E-state index is 5.31. The van der Waals surface area contributed by atoms with Crippen molar-refractivity contribution in [2.75, 3.05) is 46.6 Å². The lowest BCUT2D eigenvalue weighted by Gasteiger charge is -2.20. The van der Waals surface area contributed by atoms with Crippen LogP contribution in [-0.4, -0.2) is 51.5 Å². The molecule has 0 aliphatic heterocycles. The quantitative estimate of drug-likeness (QED) is 0.511. The van der Waals surface area contributed by atoms with E-state index in [2.05, 4.69) is 11.8 Å². The molecule has 0 aliphatic carbocycles. The average molecular weight is 189 g/mol. The fourth-order valence-electron chi connectivity index (χ4n) is 1.21. The van der Waals surface area contributed by atoms with Crippen molar-refractivity contribution < 1.29 is 9.47 Å². The van der Waals surface area contributed by atoms with Crippen LogP contribution in [0, 0.1) is 0 Å². The average Bonchev–Trinajstić information content (AvgIpc) is 2.14. The van der Waals surface area contributed by atoms with E-state index in [1.165, 1.54) is 6.42 Å². The summed E-state index contributed by atoms with van der Waals surface area (Å²) in [5.41, 5.74) is 0. The first-order valence-electron chi connectivity index (χ1n) is 5.14. The lowest BCUT2D eigenvalue weighted by Crippen LogP contribution is -2.31. The zero-order valence-corrected chi connectivity index (χ0v) is 9.21. The fraction of sp³-hybridized carbons (Fsp3) is 1.00. The van der Waals surface area contributed by atoms with Crippen LogP contribution in [0.3, 0.4) is 0 Å². The van der Waals surface area contributed by atoms with E-state index in [0.717, 1.165) is 39.5 Å². The summed E-state index contributed by atoms with van der Waals surface area (Å²) in [5.74, 6) is 0. The van der Waals surface area contributed by atoms with Gasteiger partial charge in [0.2, 0.25) is 0 Å². The third-order valence-electron chi connectivity index (χ3n) is 1.91. The van der Waals surface area contributed by atoms with Gasteiger partial charge in [-0.05, 0) is 19.9 Å². The minimum Gasteiger partial charge on any atom is -0.383 e. The maximum Gasteiger partial charge on any atom is 0.0593 e. The molecule has 0 aromatic carbocycles. The minimum absolute atomic E-state index is 0.810. The van der Waals surface area contributed by atoms with Crippen molar-refractivity contribution in [1.82, 2.24) is 4.90 Å². The van der Waals surface area contributed by atoms with E-state index >= 15 is 0 Å². The van der Waals surface area contributed by atoms with Crippen LogP contribution in [0.25, 0.3) is 0 Å². The zero-order chi connectivity index (χ0) is 9.94. The van der Waals surface area contributed by atoms with Gasteiger partial charge in [0.15, 0.2) is 0 Å². The van der Waals surface area contributed by atoms with Crippen molar-refractivity contribution in [3.63, 3.8) is 0 Å². The van der Waals surface area contributed by atoms with Gasteiger partial charge >= 0.3 is 0 Å². The van der Waals surface area contributed by atoms with Crippen LogP contribution >= 0.6 is 0 Å². The first-order chi connectivity index (χ1) is 6.35. The first kappa shape index (κ1) is 12.9. The lowest BCUT2D eigenvalue weighted by molar-refractivity contribution is 0.0947. The van der Waals surface area contributed by atoms with Gasteiger partial charge in [-0.15, -0.1) is 0 Å². The Balaban J connectivity index is 3.41. The van der Waals surface area contributed by atoms with E-state index in [9.17, 15) is 0 Å². The van der Waals surface area contributed by atoms with E-state index in [-0.39, 0.29) is 0 Å². The molecular formula is C10H23NO2. The maximum absolute atomic E-state index is 5.31. The number of nitrogens with zero attached hydrogens (tertiary/aromatic N) is 1. The Bertz CT molecular complexity index is 98.9. The molecule has 0 atom stereocenters. The third kappa shape index (κ3) is 8.22. The summed E-state index contributed by atoms with van der Waals surface area (Å²) in [7, 11) is 1.74. The lowest BCUT2D eigenvalue weighted by atomic mass is 10.4. The Morgan fingerprint density at radius 1 is 1.00 bits per heavy atom. The van der Waals surface area contributed by atoms with Crippen LogP contribution in [-0.2, 0) is 9.47 Å². The van der Waals surface area contributed by atoms with E-state index < -0.39 is 0 Å². The van der Waals surface area contributed by atoms with Crippen molar-refractivity contribution in [2.45, 2.75) is 20.3 Å². The molecule has 80 valence electrons. The monoisotopic (exact) mass is 189 g/mol. The summed E-state index contributed by atoms with van der Waals surface area (Å²) < 4.78 is 10.4. The summed E-state index contributed by atoms with van der Waals surface area (Å²) in [5, 5.41) is 0. The molecule has 13 heavy (non-hydrogen) atoms. The van der Waals surface area contributed by atoms with Gasteiger partial charge in [0, 0.05) is 26.8 Å². The molecule has 0 aliphatic rings. The molecule has 0 rings (SSSR count). The number of hydrogen-bond acceptors (Lipinski definition) is 3. The molecular weight excluding hydrogens is 166 g/mol. The largest absolute Gasteiger partial charge is 0.383 e. The van der Waals surface area contributed by atoms with Gasteiger partial charge in [-0.2, -0.15) is 0 Å². The summed E-state index contributed by atoms with van der Waals surface area (Å²) in [4.78, 5) is 2.37. The van der Waals surface area contributed by atoms with Gasteiger partial charge in [-0.25, -0.2) is 0 Å². The highest BCUT2D eigenvalue weighted by Gasteiger charge is 2.01. The van der Waals surface area contributed by atoms with Crippen molar-refractivity contribution in [1.29, 1.82) is 0 Å². The Hall–Kier alpha value is -0.120. The van der Waals surface area contributed by atoms with Gasteiger partial charge in [0.05, 0.1) is 13.2 Å². The van der Waals surface area contributed by atoms with E-state index in [1.807, 2.05) is 6.92 Å². The standard InChI is InChI=1S/C10H23NO2/c1-4-6-11(7-9-12-3)8-10-13-5-2/h4-10H2,1-3H3. The highest BCUT2D eigenvalue weighted by Crippen LogP contribution is 1.91. The normalized spacial score (nSPS) is 11.1. The van der Waals surface area contributed by atoms with Gasteiger partial charge in [-0.1, -0.05) is 6.92 Å². The molecule has 0 saturated heterocycles. The minimum atomic E-state index is 0.810. The highest BCUT2D eigenvalue weighted by atomic mass is 16.5. The summed E-state index contributed by atoms with van der Waals surface area (Å²) in [6.45, 7) is 9.84. The van der Waals surface area contributed by atoms with Crippen LogP contribution in [0.1, 0.15) is 20.3 Å². The molecule has 0 amide bonds. The molecule has 0 unspecified atom stereocenters. The molecule has 0 aromatic rings. The summed E-state index contributed by atoms with van der Waals surface area (Å²) in [6.07, 6.45) is 1.19. The van der Waals surface area contributed by atoms with Gasteiger partial charge in [0.1, 0.15) is 0 Å². The van der Waals surface area contributed by atoms with Crippen LogP contribution in [0.5, 0.6) is 0 Å². The summed E-state index contributed by atoms with van der Waals surface area (Å²) in [6, 6.07) is 0. The van der Waals surface area contributed by atoms with Gasteiger partial charge in [-0.3, -0.25) is 4.90 Å². The van der Waals surface area contributed by atoms with Crippen molar-refractivity contribution in [3.8, 4) is 0 Å². The van der Waals surface area contributed by atoms with E-state index in [1.54, 1.807) is 7.11 Å². The van der Waals surface area contributed by atoms with Gasteiger partial charge in [0.25, 0.3) is 0 Å². The number of hydrogen-bond donors (Lipinski definition) is 0. The Kier molecular flexibility index (Phi) is 9.87. The number of ether oxygens (including phenoxy) is 2. The Labute approximate surface area is 82.0 Å². The molecule has 0 aromatic heterocycles. The van der Waals surface area contributed by atoms with Crippen LogP contribution in [0.15, 0.2) is 0 Å². The smallest absolute Gasteiger partial charge is 0.0593 e. The Morgan fingerprint density at radius 2 is 1.69 bits per heavy atom. The second-order valence-electron chi connectivity index (χ2n) is 3.03. The van der Waals surface area contributed by atoms with Crippen LogP contribution in [0.2, 0.25) is 0 Å². The molecule has 3 heteroatoms. The highest BCUT2D eigenvalue weighted by molar-refractivity contribution is 4.55. The number of methoxy groups -OCH3 is 1. The van der Waals surface area contributed by atoms with E-state index in [0.29, 0.717) is 0 Å². The SMILES string of the molecule is CCCN(CCOC)CCOCC. The topological polar surface area (TPSA) is 21.7 Å². The fourth-order valence-corrected chi connectivity index (χ4v) is 1.21. The molecule has 0 N–H and O–H groups in total. The summed E-state index contributed by atoms with van der Waals surface area (Å²) >= 11 is 0. The second kappa shape index (κ2) is 9.96. The van der Waals surface area contributed by atoms with E-state index in [4.69, 9.17) is 9.47 Å². The molecule has 0 bridgehead atoms. The second-order valence-corrected chi connectivity index (χ2v) is 3.03. The molecule has 0 fully saturated rings. The van der Waals surface area contributed by atoms with Crippen molar-refractivity contribution >= 4 is 0 Å². The molecule has 0 saturated carbocycles. The molecule has 0 spiro atoms. The van der Waals surface area contributed by atoms with Crippen molar-refractivity contribution in [2.24, 2.45) is 0 Å². The molecule has 3 nitrogen and oxygen atoms in total. The zero-order valence-electron chi connectivity index (χ0n) is 9.21. The predicted octanol–water partition coefficient (Wildman–Crippen LogP) is 1.38. The third-order valence-corrected chi connectivity index (χ3v) is 1.91. The van der Waals surface area contributed by atoms with Crippen LogP contribution < -0.4 is 0 Å². The van der Waals surface area contributed by atoms with Crippen molar-refractivity contribution in [3.05, 3.63) is 0 Å². The Morgan fingerprint density at radius 3 is 2.23 bits per heavy atom. The van der Waals surface area contributed by atoms with Crippen LogP contribution in [0.4, 0.5) is 0 Å². The number of rotatable bonds is 9. The predicted molar refractivity (Wildman–Crippen MR) is 55.1 cm³/mol. The first-order valence-corrected chi connectivity index (χ1v) is 5.14. The molecule has 0 heterocycles. The van der Waals surface area contributed by atoms with Gasteiger partial charge < -0.3 is 9.47 Å². The molecule has 0 radical (unpaired) electrons.